The molecule has 2 unspecified atom stereocenters. The predicted molar refractivity (Wildman–Crippen MR) is 67.3 cm³/mol. The fourth-order valence-corrected chi connectivity index (χ4v) is 2.06. The van der Waals surface area contributed by atoms with Crippen LogP contribution >= 0.6 is 0 Å². The lowest BCUT2D eigenvalue weighted by molar-refractivity contribution is -0.127. The summed E-state index contributed by atoms with van der Waals surface area (Å²) in [6, 6.07) is 0.487. The van der Waals surface area contributed by atoms with Crippen LogP contribution < -0.4 is 5.32 Å². The van der Waals surface area contributed by atoms with Gasteiger partial charge < -0.3 is 10.2 Å². The monoisotopic (exact) mass is 226 g/mol. The molecule has 2 atom stereocenters. The standard InChI is InChI=1S/C13H26N2O/c1-10(14-5)6-7-15-9-11(8-12(15)16)13(2,3)4/h10-11,14H,6-9H2,1-5H3. The molecule has 1 heterocycles. The summed E-state index contributed by atoms with van der Waals surface area (Å²) in [6.45, 7) is 10.7. The van der Waals surface area contributed by atoms with Crippen LogP contribution in [0.4, 0.5) is 0 Å². The molecule has 16 heavy (non-hydrogen) atoms. The van der Waals surface area contributed by atoms with E-state index in [9.17, 15) is 4.79 Å². The second-order valence-corrected chi connectivity index (χ2v) is 6.09. The molecule has 3 nitrogen and oxygen atoms in total. The van der Waals surface area contributed by atoms with Crippen LogP contribution in [0.1, 0.15) is 40.5 Å². The van der Waals surface area contributed by atoms with Gasteiger partial charge in [0.15, 0.2) is 0 Å². The first-order chi connectivity index (χ1) is 7.34. The summed E-state index contributed by atoms with van der Waals surface area (Å²) in [7, 11) is 1.97. The van der Waals surface area contributed by atoms with Crippen molar-refractivity contribution in [3.05, 3.63) is 0 Å². The first-order valence-corrected chi connectivity index (χ1v) is 6.29. The average Bonchev–Trinajstić information content (AvgIpc) is 2.56. The first-order valence-electron chi connectivity index (χ1n) is 6.29. The summed E-state index contributed by atoms with van der Waals surface area (Å²) in [6.07, 6.45) is 1.77. The van der Waals surface area contributed by atoms with E-state index in [4.69, 9.17) is 0 Å². The van der Waals surface area contributed by atoms with Crippen molar-refractivity contribution in [1.29, 1.82) is 0 Å². The van der Waals surface area contributed by atoms with E-state index in [0.717, 1.165) is 25.9 Å². The molecule has 0 saturated carbocycles. The van der Waals surface area contributed by atoms with Crippen molar-refractivity contribution < 1.29 is 4.79 Å². The summed E-state index contributed by atoms with van der Waals surface area (Å²) in [5, 5.41) is 3.21. The van der Waals surface area contributed by atoms with Crippen LogP contribution in [0.25, 0.3) is 0 Å². The van der Waals surface area contributed by atoms with Crippen LogP contribution in [0.5, 0.6) is 0 Å². The molecule has 0 aromatic heterocycles. The molecular weight excluding hydrogens is 200 g/mol. The highest BCUT2D eigenvalue weighted by molar-refractivity contribution is 5.78. The number of likely N-dealkylation sites (tertiary alicyclic amines) is 1. The van der Waals surface area contributed by atoms with Gasteiger partial charge in [0.25, 0.3) is 0 Å². The van der Waals surface area contributed by atoms with Crippen molar-refractivity contribution in [2.75, 3.05) is 20.1 Å². The molecule has 3 heteroatoms. The van der Waals surface area contributed by atoms with Gasteiger partial charge in [-0.2, -0.15) is 0 Å². The van der Waals surface area contributed by atoms with Crippen LogP contribution in [-0.4, -0.2) is 37.0 Å². The zero-order valence-corrected chi connectivity index (χ0v) is 11.3. The van der Waals surface area contributed by atoms with E-state index in [0.29, 0.717) is 17.9 Å². The van der Waals surface area contributed by atoms with Gasteiger partial charge in [0.2, 0.25) is 5.91 Å². The first kappa shape index (κ1) is 13.5. The van der Waals surface area contributed by atoms with Crippen LogP contribution in [-0.2, 0) is 4.79 Å². The summed E-state index contributed by atoms with van der Waals surface area (Å²) in [5.41, 5.74) is 0.249. The Morgan fingerprint density at radius 2 is 2.12 bits per heavy atom. The third-order valence-electron chi connectivity index (χ3n) is 3.76. The fourth-order valence-electron chi connectivity index (χ4n) is 2.06. The minimum atomic E-state index is 0.249. The van der Waals surface area contributed by atoms with E-state index in [1.54, 1.807) is 0 Å². The predicted octanol–water partition coefficient (Wildman–Crippen LogP) is 1.88. The number of hydrogen-bond donors (Lipinski definition) is 1. The van der Waals surface area contributed by atoms with Crippen molar-refractivity contribution in [1.82, 2.24) is 10.2 Å². The largest absolute Gasteiger partial charge is 0.342 e. The van der Waals surface area contributed by atoms with Gasteiger partial charge >= 0.3 is 0 Å². The van der Waals surface area contributed by atoms with E-state index < -0.39 is 0 Å². The number of nitrogens with one attached hydrogen (secondary N) is 1. The molecule has 1 N–H and O–H groups in total. The second-order valence-electron chi connectivity index (χ2n) is 6.09. The van der Waals surface area contributed by atoms with Gasteiger partial charge in [-0.15, -0.1) is 0 Å². The maximum absolute atomic E-state index is 11.8. The molecule has 0 aromatic carbocycles. The summed E-state index contributed by atoms with van der Waals surface area (Å²) in [5.74, 6) is 0.855. The maximum Gasteiger partial charge on any atom is 0.222 e. The highest BCUT2D eigenvalue weighted by Gasteiger charge is 2.36. The molecule has 0 bridgehead atoms. The Hall–Kier alpha value is -0.570. The zero-order chi connectivity index (χ0) is 12.3. The van der Waals surface area contributed by atoms with E-state index in [2.05, 4.69) is 33.0 Å². The highest BCUT2D eigenvalue weighted by Crippen LogP contribution is 2.34. The second kappa shape index (κ2) is 5.17. The topological polar surface area (TPSA) is 32.3 Å². The number of amides is 1. The maximum atomic E-state index is 11.8. The van der Waals surface area contributed by atoms with Gasteiger partial charge in [-0.25, -0.2) is 0 Å². The highest BCUT2D eigenvalue weighted by atomic mass is 16.2. The molecule has 1 fully saturated rings. The van der Waals surface area contributed by atoms with E-state index >= 15 is 0 Å². The summed E-state index contributed by atoms with van der Waals surface area (Å²) >= 11 is 0. The van der Waals surface area contributed by atoms with Crippen LogP contribution in [0, 0.1) is 11.3 Å². The molecule has 1 rings (SSSR count). The Morgan fingerprint density at radius 1 is 1.50 bits per heavy atom. The molecule has 1 amide bonds. The normalized spacial score (nSPS) is 23.9. The van der Waals surface area contributed by atoms with E-state index in [-0.39, 0.29) is 5.41 Å². The van der Waals surface area contributed by atoms with E-state index in [1.165, 1.54) is 0 Å². The van der Waals surface area contributed by atoms with Crippen molar-refractivity contribution in [3.63, 3.8) is 0 Å². The molecule has 0 radical (unpaired) electrons. The van der Waals surface area contributed by atoms with Gasteiger partial charge in [0.05, 0.1) is 0 Å². The summed E-state index contributed by atoms with van der Waals surface area (Å²) in [4.78, 5) is 13.9. The lowest BCUT2D eigenvalue weighted by Gasteiger charge is -2.26. The van der Waals surface area contributed by atoms with Crippen LogP contribution in [0.2, 0.25) is 0 Å². The molecule has 0 aromatic rings. The van der Waals surface area contributed by atoms with Gasteiger partial charge in [0, 0.05) is 25.6 Å². The molecule has 0 spiro atoms. The molecule has 1 aliphatic rings. The lowest BCUT2D eigenvalue weighted by Crippen LogP contribution is -2.32. The Morgan fingerprint density at radius 3 is 2.56 bits per heavy atom. The van der Waals surface area contributed by atoms with Gasteiger partial charge in [-0.1, -0.05) is 20.8 Å². The Kier molecular flexibility index (Phi) is 4.36. The number of carbonyl (C=O) groups is 1. The lowest BCUT2D eigenvalue weighted by atomic mass is 9.80. The quantitative estimate of drug-likeness (QED) is 0.794. The van der Waals surface area contributed by atoms with Crippen molar-refractivity contribution >= 4 is 5.91 Å². The third kappa shape index (κ3) is 3.48. The SMILES string of the molecule is CNC(C)CCN1CC(C(C)(C)C)CC1=O. The van der Waals surface area contributed by atoms with Gasteiger partial charge in [-0.3, -0.25) is 4.79 Å². The molecule has 0 aliphatic carbocycles. The molecule has 1 saturated heterocycles. The smallest absolute Gasteiger partial charge is 0.222 e. The number of nitrogens with zero attached hydrogens (tertiary/aromatic N) is 1. The average molecular weight is 226 g/mol. The molecular formula is C13H26N2O. The fraction of sp³-hybridized carbons (Fsp3) is 0.923. The van der Waals surface area contributed by atoms with E-state index in [1.807, 2.05) is 11.9 Å². The molecule has 94 valence electrons. The molecule has 1 aliphatic heterocycles. The Bertz CT molecular complexity index is 245. The third-order valence-corrected chi connectivity index (χ3v) is 3.76. The zero-order valence-electron chi connectivity index (χ0n) is 11.3. The van der Waals surface area contributed by atoms with Gasteiger partial charge in [0.1, 0.15) is 0 Å². The number of hydrogen-bond acceptors (Lipinski definition) is 2. The Balaban J connectivity index is 2.43. The van der Waals surface area contributed by atoms with Crippen molar-refractivity contribution in [2.24, 2.45) is 11.3 Å². The Labute approximate surface area is 99.6 Å². The number of rotatable bonds is 4. The summed E-state index contributed by atoms with van der Waals surface area (Å²) < 4.78 is 0. The minimum absolute atomic E-state index is 0.249. The van der Waals surface area contributed by atoms with Gasteiger partial charge in [-0.05, 0) is 31.7 Å². The number of carbonyl (C=O) groups excluding carboxylic acids is 1. The van der Waals surface area contributed by atoms with Crippen LogP contribution in [0.3, 0.4) is 0 Å². The minimum Gasteiger partial charge on any atom is -0.342 e. The van der Waals surface area contributed by atoms with Crippen molar-refractivity contribution in [2.45, 2.75) is 46.6 Å². The van der Waals surface area contributed by atoms with Crippen molar-refractivity contribution in [3.8, 4) is 0 Å². The van der Waals surface area contributed by atoms with Crippen LogP contribution in [0.15, 0.2) is 0 Å².